The lowest BCUT2D eigenvalue weighted by Crippen LogP contribution is -2.43. The molecule has 1 rings (SSSR count). The maximum absolute atomic E-state index is 14.0. The van der Waals surface area contributed by atoms with Crippen molar-refractivity contribution in [2.45, 2.75) is 92.2 Å². The van der Waals surface area contributed by atoms with E-state index in [4.69, 9.17) is 9.47 Å². The van der Waals surface area contributed by atoms with Crippen LogP contribution in [0.5, 0.6) is 0 Å². The van der Waals surface area contributed by atoms with E-state index in [0.717, 1.165) is 12.8 Å². The first kappa shape index (κ1) is 18.4. The number of alkyl halides is 1. The van der Waals surface area contributed by atoms with E-state index in [1.165, 1.54) is 0 Å². The van der Waals surface area contributed by atoms with E-state index >= 15 is 0 Å². The van der Waals surface area contributed by atoms with Crippen molar-refractivity contribution in [2.75, 3.05) is 0 Å². The number of hydrogen-bond acceptors (Lipinski definition) is 3. The van der Waals surface area contributed by atoms with Gasteiger partial charge in [0.15, 0.2) is 0 Å². The molecular formula is C17H31FO3. The topological polar surface area (TPSA) is 35.5 Å². The van der Waals surface area contributed by atoms with Gasteiger partial charge < -0.3 is 9.47 Å². The number of carbonyl (C=O) groups excluding carboxylic acids is 1. The highest BCUT2D eigenvalue weighted by Crippen LogP contribution is 2.32. The zero-order chi connectivity index (χ0) is 16.3. The Hall–Kier alpha value is -0.640. The highest BCUT2D eigenvalue weighted by Gasteiger charge is 2.38. The van der Waals surface area contributed by atoms with Gasteiger partial charge in [0.2, 0.25) is 6.29 Å². The quantitative estimate of drug-likeness (QED) is 0.548. The molecule has 0 N–H and O–H groups in total. The SMILES string of the molecule is CCC(C)(C)C(=O)OC(OC1CCCCC1F)C(C)(C)C. The molecule has 0 heterocycles. The van der Waals surface area contributed by atoms with Crippen LogP contribution in [-0.4, -0.2) is 24.5 Å². The Morgan fingerprint density at radius 2 is 1.76 bits per heavy atom. The van der Waals surface area contributed by atoms with Gasteiger partial charge in [-0.3, -0.25) is 4.79 Å². The molecule has 1 fully saturated rings. The number of ether oxygens (including phenoxy) is 2. The first-order valence-electron chi connectivity index (χ1n) is 8.08. The molecule has 0 spiro atoms. The van der Waals surface area contributed by atoms with E-state index in [1.54, 1.807) is 0 Å². The van der Waals surface area contributed by atoms with Crippen molar-refractivity contribution < 1.29 is 18.7 Å². The minimum absolute atomic E-state index is 0.281. The van der Waals surface area contributed by atoms with Gasteiger partial charge in [0.25, 0.3) is 0 Å². The summed E-state index contributed by atoms with van der Waals surface area (Å²) in [6.07, 6.45) is 1.68. The van der Waals surface area contributed by atoms with Gasteiger partial charge in [-0.25, -0.2) is 4.39 Å². The first-order chi connectivity index (χ1) is 9.58. The third-order valence-corrected chi connectivity index (χ3v) is 4.28. The van der Waals surface area contributed by atoms with Crippen LogP contribution < -0.4 is 0 Å². The molecular weight excluding hydrogens is 271 g/mol. The number of halogens is 1. The van der Waals surface area contributed by atoms with Crippen molar-refractivity contribution >= 4 is 5.97 Å². The first-order valence-corrected chi connectivity index (χ1v) is 8.08. The molecule has 1 aliphatic rings. The van der Waals surface area contributed by atoms with Crippen LogP contribution in [0.4, 0.5) is 4.39 Å². The fourth-order valence-corrected chi connectivity index (χ4v) is 2.17. The average molecular weight is 302 g/mol. The molecule has 0 aromatic rings. The van der Waals surface area contributed by atoms with Crippen LogP contribution >= 0.6 is 0 Å². The smallest absolute Gasteiger partial charge is 0.313 e. The Kier molecular flexibility index (Phi) is 6.21. The van der Waals surface area contributed by atoms with Crippen LogP contribution in [0.15, 0.2) is 0 Å². The minimum Gasteiger partial charge on any atom is -0.435 e. The van der Waals surface area contributed by atoms with Gasteiger partial charge in [-0.05, 0) is 33.1 Å². The molecule has 0 radical (unpaired) electrons. The average Bonchev–Trinajstić information content (AvgIpc) is 2.39. The molecule has 1 saturated carbocycles. The van der Waals surface area contributed by atoms with E-state index in [2.05, 4.69) is 0 Å². The van der Waals surface area contributed by atoms with E-state index in [1.807, 2.05) is 41.5 Å². The molecule has 0 aromatic heterocycles. The Bertz CT molecular complexity index is 346. The molecule has 0 bridgehead atoms. The number of carbonyl (C=O) groups is 1. The predicted octanol–water partition coefficient (Wildman–Crippen LogP) is 4.64. The van der Waals surface area contributed by atoms with E-state index < -0.39 is 24.0 Å². The van der Waals surface area contributed by atoms with Crippen molar-refractivity contribution in [3.8, 4) is 0 Å². The standard InChI is InChI=1S/C17H31FO3/c1-7-17(5,6)14(19)21-15(16(2,3)4)20-13-11-9-8-10-12(13)18/h12-13,15H,7-11H2,1-6H3. The van der Waals surface area contributed by atoms with Crippen LogP contribution in [0.2, 0.25) is 0 Å². The minimum atomic E-state index is -0.957. The van der Waals surface area contributed by atoms with E-state index in [0.29, 0.717) is 19.3 Å². The zero-order valence-electron chi connectivity index (χ0n) is 14.4. The summed E-state index contributed by atoms with van der Waals surface area (Å²) in [6, 6.07) is 0. The van der Waals surface area contributed by atoms with Crippen LogP contribution in [0.1, 0.15) is 73.6 Å². The van der Waals surface area contributed by atoms with E-state index in [-0.39, 0.29) is 11.4 Å². The highest BCUT2D eigenvalue weighted by atomic mass is 19.1. The fourth-order valence-electron chi connectivity index (χ4n) is 2.17. The normalized spacial score (nSPS) is 25.5. The van der Waals surface area contributed by atoms with Gasteiger partial charge in [0.05, 0.1) is 11.5 Å². The van der Waals surface area contributed by atoms with Crippen molar-refractivity contribution in [3.05, 3.63) is 0 Å². The Morgan fingerprint density at radius 3 is 2.24 bits per heavy atom. The fraction of sp³-hybridized carbons (Fsp3) is 0.941. The molecule has 4 heteroatoms. The largest absolute Gasteiger partial charge is 0.435 e. The second-order valence-electron chi connectivity index (χ2n) is 7.82. The van der Waals surface area contributed by atoms with Crippen molar-refractivity contribution in [3.63, 3.8) is 0 Å². The summed E-state index contributed by atoms with van der Waals surface area (Å²) in [5, 5.41) is 0. The lowest BCUT2D eigenvalue weighted by atomic mass is 9.90. The summed E-state index contributed by atoms with van der Waals surface area (Å²) in [7, 11) is 0. The van der Waals surface area contributed by atoms with Crippen molar-refractivity contribution in [1.82, 2.24) is 0 Å². The number of rotatable bonds is 5. The maximum atomic E-state index is 14.0. The third-order valence-electron chi connectivity index (χ3n) is 4.28. The predicted molar refractivity (Wildman–Crippen MR) is 81.6 cm³/mol. The molecule has 1 aliphatic carbocycles. The molecule has 124 valence electrons. The molecule has 3 nitrogen and oxygen atoms in total. The number of esters is 1. The summed E-state index contributed by atoms with van der Waals surface area (Å²) >= 11 is 0. The summed E-state index contributed by atoms with van der Waals surface area (Å²) in [5.74, 6) is -0.281. The summed E-state index contributed by atoms with van der Waals surface area (Å²) in [6.45, 7) is 11.5. The van der Waals surface area contributed by atoms with Crippen LogP contribution in [-0.2, 0) is 14.3 Å². The van der Waals surface area contributed by atoms with Gasteiger partial charge in [-0.15, -0.1) is 0 Å². The van der Waals surface area contributed by atoms with Crippen molar-refractivity contribution in [1.29, 1.82) is 0 Å². The second kappa shape index (κ2) is 7.08. The van der Waals surface area contributed by atoms with Gasteiger partial charge in [-0.2, -0.15) is 0 Å². The molecule has 3 atom stereocenters. The van der Waals surface area contributed by atoms with Gasteiger partial charge >= 0.3 is 5.97 Å². The van der Waals surface area contributed by atoms with Gasteiger partial charge in [-0.1, -0.05) is 40.5 Å². The Morgan fingerprint density at radius 1 is 1.19 bits per heavy atom. The monoisotopic (exact) mass is 302 g/mol. The molecule has 0 saturated heterocycles. The van der Waals surface area contributed by atoms with Crippen LogP contribution in [0.3, 0.4) is 0 Å². The Labute approximate surface area is 128 Å². The molecule has 3 unspecified atom stereocenters. The lowest BCUT2D eigenvalue weighted by Gasteiger charge is -2.37. The molecule has 0 aromatic carbocycles. The highest BCUT2D eigenvalue weighted by molar-refractivity contribution is 5.75. The second-order valence-corrected chi connectivity index (χ2v) is 7.82. The molecule has 0 aliphatic heterocycles. The molecule has 21 heavy (non-hydrogen) atoms. The van der Waals surface area contributed by atoms with Crippen molar-refractivity contribution in [2.24, 2.45) is 10.8 Å². The number of hydrogen-bond donors (Lipinski definition) is 0. The summed E-state index contributed by atoms with van der Waals surface area (Å²) in [4.78, 5) is 12.3. The molecule has 0 amide bonds. The summed E-state index contributed by atoms with van der Waals surface area (Å²) in [5.41, 5.74) is -0.925. The maximum Gasteiger partial charge on any atom is 0.313 e. The van der Waals surface area contributed by atoms with Crippen LogP contribution in [0.25, 0.3) is 0 Å². The lowest BCUT2D eigenvalue weighted by molar-refractivity contribution is -0.235. The van der Waals surface area contributed by atoms with Gasteiger partial charge in [0.1, 0.15) is 6.17 Å². The zero-order valence-corrected chi connectivity index (χ0v) is 14.4. The summed E-state index contributed by atoms with van der Waals surface area (Å²) < 4.78 is 25.4. The van der Waals surface area contributed by atoms with Crippen LogP contribution in [0, 0.1) is 10.8 Å². The Balaban J connectivity index is 2.75. The van der Waals surface area contributed by atoms with Gasteiger partial charge in [0, 0.05) is 5.41 Å². The van der Waals surface area contributed by atoms with E-state index in [9.17, 15) is 9.18 Å². The third kappa shape index (κ3) is 5.24.